The predicted molar refractivity (Wildman–Crippen MR) is 78.4 cm³/mol. The van der Waals surface area contributed by atoms with Crippen LogP contribution in [0.25, 0.3) is 0 Å². The normalized spacial score (nSPS) is 9.65. The number of anilines is 2. The van der Waals surface area contributed by atoms with E-state index in [-0.39, 0.29) is 5.91 Å². The van der Waals surface area contributed by atoms with E-state index in [9.17, 15) is 4.79 Å². The molecule has 0 radical (unpaired) electrons. The Balaban J connectivity index is 2.33. The Morgan fingerprint density at radius 1 is 1.20 bits per heavy atom. The number of para-hydroxylation sites is 1. The maximum atomic E-state index is 12.2. The Hall–Kier alpha value is -2.55. The number of benzene rings is 2. The van der Waals surface area contributed by atoms with Gasteiger partial charge in [0.2, 0.25) is 0 Å². The number of carbonyl (C=O) groups excluding carboxylic acids is 1. The molecule has 0 saturated heterocycles. The SMILES string of the molecule is N#Cc1ccc(Cl)cc1NC(=O)c1ccccc1NN. The Bertz CT molecular complexity index is 694. The third-order valence-corrected chi connectivity index (χ3v) is 2.91. The standard InChI is InChI=1S/C14H11ClN4O/c15-10-6-5-9(8-16)13(7-10)18-14(20)11-3-1-2-4-12(11)19-17/h1-7,19H,17H2,(H,18,20). The molecule has 6 heteroatoms. The van der Waals surface area contributed by atoms with Crippen molar-refractivity contribution < 1.29 is 4.79 Å². The van der Waals surface area contributed by atoms with Gasteiger partial charge in [-0.2, -0.15) is 5.26 Å². The summed E-state index contributed by atoms with van der Waals surface area (Å²) in [5, 5.41) is 12.1. The van der Waals surface area contributed by atoms with Gasteiger partial charge in [0, 0.05) is 5.02 Å². The molecule has 1 amide bonds. The monoisotopic (exact) mass is 286 g/mol. The maximum absolute atomic E-state index is 12.2. The van der Waals surface area contributed by atoms with Crippen molar-refractivity contribution in [1.82, 2.24) is 0 Å². The molecule has 2 aromatic rings. The van der Waals surface area contributed by atoms with E-state index in [4.69, 9.17) is 22.7 Å². The smallest absolute Gasteiger partial charge is 0.257 e. The number of nitrogens with one attached hydrogen (secondary N) is 2. The van der Waals surface area contributed by atoms with Gasteiger partial charge in [0.05, 0.1) is 22.5 Å². The average molecular weight is 287 g/mol. The Morgan fingerprint density at radius 2 is 1.95 bits per heavy atom. The summed E-state index contributed by atoms with van der Waals surface area (Å²) < 4.78 is 0. The van der Waals surface area contributed by atoms with Crippen LogP contribution >= 0.6 is 11.6 Å². The molecule has 0 aliphatic rings. The Labute approximate surface area is 120 Å². The number of halogens is 1. The molecule has 4 N–H and O–H groups in total. The Kier molecular flexibility index (Phi) is 4.20. The lowest BCUT2D eigenvalue weighted by Crippen LogP contribution is -2.17. The summed E-state index contributed by atoms with van der Waals surface area (Å²) in [4.78, 5) is 12.2. The van der Waals surface area contributed by atoms with Crippen molar-refractivity contribution in [3.8, 4) is 6.07 Å². The zero-order valence-corrected chi connectivity index (χ0v) is 11.1. The molecule has 0 heterocycles. The highest BCUT2D eigenvalue weighted by Gasteiger charge is 2.12. The van der Waals surface area contributed by atoms with Crippen LogP contribution < -0.4 is 16.6 Å². The minimum atomic E-state index is -0.377. The largest absolute Gasteiger partial charge is 0.323 e. The van der Waals surface area contributed by atoms with E-state index >= 15 is 0 Å². The molecule has 2 rings (SSSR count). The van der Waals surface area contributed by atoms with E-state index in [1.54, 1.807) is 36.4 Å². The molecule has 2 aromatic carbocycles. The molecule has 0 bridgehead atoms. The van der Waals surface area contributed by atoms with Gasteiger partial charge >= 0.3 is 0 Å². The van der Waals surface area contributed by atoms with Crippen LogP contribution in [-0.4, -0.2) is 5.91 Å². The predicted octanol–water partition coefficient (Wildman–Crippen LogP) is 2.75. The summed E-state index contributed by atoms with van der Waals surface area (Å²) in [6, 6.07) is 13.4. The lowest BCUT2D eigenvalue weighted by Gasteiger charge is -2.10. The molecule has 0 saturated carbocycles. The number of nitrogens with zero attached hydrogens (tertiary/aromatic N) is 1. The molecule has 0 aliphatic heterocycles. The first-order chi connectivity index (χ1) is 9.65. The van der Waals surface area contributed by atoms with Crippen LogP contribution in [0, 0.1) is 11.3 Å². The summed E-state index contributed by atoms with van der Waals surface area (Å²) in [6.07, 6.45) is 0. The second kappa shape index (κ2) is 6.06. The van der Waals surface area contributed by atoms with Gasteiger partial charge in [-0.3, -0.25) is 10.6 Å². The minimum absolute atomic E-state index is 0.334. The van der Waals surface area contributed by atoms with Gasteiger partial charge in [0.25, 0.3) is 5.91 Å². The van der Waals surface area contributed by atoms with Gasteiger partial charge in [0.1, 0.15) is 6.07 Å². The first-order valence-corrected chi connectivity index (χ1v) is 6.10. The summed E-state index contributed by atoms with van der Waals surface area (Å²) in [6.45, 7) is 0. The number of nitrogens with two attached hydrogens (primary N) is 1. The van der Waals surface area contributed by atoms with E-state index in [1.807, 2.05) is 6.07 Å². The van der Waals surface area contributed by atoms with Crippen molar-refractivity contribution in [3.63, 3.8) is 0 Å². The highest BCUT2D eigenvalue weighted by Crippen LogP contribution is 2.22. The van der Waals surface area contributed by atoms with Crippen LogP contribution in [0.1, 0.15) is 15.9 Å². The first kappa shape index (κ1) is 13.9. The second-order valence-corrected chi connectivity index (χ2v) is 4.38. The van der Waals surface area contributed by atoms with Crippen molar-refractivity contribution in [3.05, 3.63) is 58.6 Å². The number of hydrazine groups is 1. The van der Waals surface area contributed by atoms with Gasteiger partial charge in [0.15, 0.2) is 0 Å². The molecule has 5 nitrogen and oxygen atoms in total. The molecule has 0 atom stereocenters. The van der Waals surface area contributed by atoms with Crippen LogP contribution in [0.2, 0.25) is 5.02 Å². The Morgan fingerprint density at radius 3 is 2.65 bits per heavy atom. The van der Waals surface area contributed by atoms with Gasteiger partial charge < -0.3 is 10.7 Å². The molecule has 20 heavy (non-hydrogen) atoms. The molecule has 0 aliphatic carbocycles. The van der Waals surface area contributed by atoms with Crippen molar-refractivity contribution in [1.29, 1.82) is 5.26 Å². The van der Waals surface area contributed by atoms with Gasteiger partial charge in [-0.15, -0.1) is 0 Å². The topological polar surface area (TPSA) is 90.9 Å². The van der Waals surface area contributed by atoms with Crippen LogP contribution in [0.15, 0.2) is 42.5 Å². The van der Waals surface area contributed by atoms with E-state index in [0.717, 1.165) is 0 Å². The number of nitriles is 1. The maximum Gasteiger partial charge on any atom is 0.257 e. The summed E-state index contributed by atoms with van der Waals surface area (Å²) in [5.41, 5.74) is 4.01. The number of hydrogen-bond acceptors (Lipinski definition) is 4. The van der Waals surface area contributed by atoms with E-state index < -0.39 is 0 Å². The molecule has 0 spiro atoms. The highest BCUT2D eigenvalue weighted by atomic mass is 35.5. The second-order valence-electron chi connectivity index (χ2n) is 3.95. The van der Waals surface area contributed by atoms with Crippen LogP contribution in [0.5, 0.6) is 0 Å². The quantitative estimate of drug-likeness (QED) is 0.598. The highest BCUT2D eigenvalue weighted by molar-refractivity contribution is 6.31. The van der Waals surface area contributed by atoms with Crippen LogP contribution in [0.3, 0.4) is 0 Å². The number of carbonyl (C=O) groups is 1. The van der Waals surface area contributed by atoms with Crippen molar-refractivity contribution in [2.45, 2.75) is 0 Å². The first-order valence-electron chi connectivity index (χ1n) is 5.72. The fourth-order valence-corrected chi connectivity index (χ4v) is 1.89. The van der Waals surface area contributed by atoms with E-state index in [2.05, 4.69) is 10.7 Å². The van der Waals surface area contributed by atoms with Crippen molar-refractivity contribution in [2.75, 3.05) is 10.7 Å². The van der Waals surface area contributed by atoms with Gasteiger partial charge in [-0.05, 0) is 30.3 Å². The summed E-state index contributed by atoms with van der Waals surface area (Å²) >= 11 is 5.87. The lowest BCUT2D eigenvalue weighted by molar-refractivity contribution is 0.102. The molecule has 0 unspecified atom stereocenters. The molecular formula is C14H11ClN4O. The molecule has 100 valence electrons. The van der Waals surface area contributed by atoms with Gasteiger partial charge in [-0.1, -0.05) is 23.7 Å². The fourth-order valence-electron chi connectivity index (χ4n) is 1.71. The number of amides is 1. The molecule has 0 aromatic heterocycles. The van der Waals surface area contributed by atoms with E-state index in [0.29, 0.717) is 27.5 Å². The van der Waals surface area contributed by atoms with E-state index in [1.165, 1.54) is 6.07 Å². The fraction of sp³-hybridized carbons (Fsp3) is 0. The minimum Gasteiger partial charge on any atom is -0.323 e. The zero-order chi connectivity index (χ0) is 14.5. The van der Waals surface area contributed by atoms with Crippen molar-refractivity contribution in [2.24, 2.45) is 5.84 Å². The van der Waals surface area contributed by atoms with Gasteiger partial charge in [-0.25, -0.2) is 0 Å². The molecular weight excluding hydrogens is 276 g/mol. The zero-order valence-electron chi connectivity index (χ0n) is 10.4. The number of nitrogen functional groups attached to an aromatic ring is 1. The number of hydrogen-bond donors (Lipinski definition) is 3. The average Bonchev–Trinajstić information content (AvgIpc) is 2.47. The third-order valence-electron chi connectivity index (χ3n) is 2.68. The summed E-state index contributed by atoms with van der Waals surface area (Å²) in [7, 11) is 0. The van der Waals surface area contributed by atoms with Crippen LogP contribution in [0.4, 0.5) is 11.4 Å². The molecule has 0 fully saturated rings. The number of rotatable bonds is 3. The lowest BCUT2D eigenvalue weighted by atomic mass is 10.1. The summed E-state index contributed by atoms with van der Waals surface area (Å²) in [5.74, 6) is 4.98. The van der Waals surface area contributed by atoms with Crippen molar-refractivity contribution >= 4 is 28.9 Å². The third kappa shape index (κ3) is 2.88. The van der Waals surface area contributed by atoms with Crippen LogP contribution in [-0.2, 0) is 0 Å².